The molecule has 0 spiro atoms. The molecule has 1 heterocycles. The Morgan fingerprint density at radius 1 is 1.20 bits per heavy atom. The Bertz CT molecular complexity index is 570. The zero-order chi connectivity index (χ0) is 13.9. The smallest absolute Gasteiger partial charge is 0.110 e. The quantitative estimate of drug-likeness (QED) is 0.753. The molecule has 2 nitrogen and oxygen atoms in total. The van der Waals surface area contributed by atoms with Gasteiger partial charge < -0.3 is 4.57 Å². The zero-order valence-corrected chi connectivity index (χ0v) is 12.8. The predicted octanol–water partition coefficient (Wildman–Crippen LogP) is 5.13. The van der Waals surface area contributed by atoms with Crippen molar-refractivity contribution in [3.05, 3.63) is 30.1 Å². The van der Waals surface area contributed by atoms with Crippen molar-refractivity contribution in [2.45, 2.75) is 64.8 Å². The average molecular weight is 270 g/mol. The third-order valence-corrected chi connectivity index (χ3v) is 4.84. The summed E-state index contributed by atoms with van der Waals surface area (Å²) in [5.41, 5.74) is 2.52. The molecular weight excluding hydrogens is 244 g/mol. The van der Waals surface area contributed by atoms with Crippen molar-refractivity contribution in [3.63, 3.8) is 0 Å². The summed E-state index contributed by atoms with van der Waals surface area (Å²) in [6, 6.07) is 9.33. The summed E-state index contributed by atoms with van der Waals surface area (Å²) >= 11 is 0. The van der Waals surface area contributed by atoms with E-state index in [0.29, 0.717) is 6.04 Å². The summed E-state index contributed by atoms with van der Waals surface area (Å²) < 4.78 is 2.57. The molecule has 108 valence electrons. The van der Waals surface area contributed by atoms with Gasteiger partial charge >= 0.3 is 0 Å². The van der Waals surface area contributed by atoms with E-state index in [0.717, 1.165) is 12.3 Å². The van der Waals surface area contributed by atoms with Crippen LogP contribution in [0.4, 0.5) is 0 Å². The van der Waals surface area contributed by atoms with Crippen LogP contribution < -0.4 is 0 Å². The van der Waals surface area contributed by atoms with Gasteiger partial charge in [0.05, 0.1) is 11.0 Å². The van der Waals surface area contributed by atoms with Crippen LogP contribution in [0, 0.1) is 5.92 Å². The van der Waals surface area contributed by atoms with Gasteiger partial charge in [-0.3, -0.25) is 0 Å². The number of aromatic nitrogens is 2. The first kappa shape index (κ1) is 13.7. The molecular formula is C18H26N2. The van der Waals surface area contributed by atoms with E-state index in [1.807, 2.05) is 0 Å². The Hall–Kier alpha value is -1.31. The highest BCUT2D eigenvalue weighted by Gasteiger charge is 2.25. The normalized spacial score (nSPS) is 23.3. The first-order chi connectivity index (χ1) is 9.83. The number of para-hydroxylation sites is 2. The number of fused-ring (bicyclic) bond motifs is 1. The van der Waals surface area contributed by atoms with Gasteiger partial charge in [0.25, 0.3) is 0 Å². The Morgan fingerprint density at radius 3 is 2.85 bits per heavy atom. The van der Waals surface area contributed by atoms with Crippen molar-refractivity contribution in [3.8, 4) is 0 Å². The van der Waals surface area contributed by atoms with Crippen molar-refractivity contribution in [1.29, 1.82) is 0 Å². The fourth-order valence-corrected chi connectivity index (χ4v) is 3.77. The number of hydrogen-bond acceptors (Lipinski definition) is 1. The van der Waals surface area contributed by atoms with Crippen LogP contribution in [0.5, 0.6) is 0 Å². The summed E-state index contributed by atoms with van der Waals surface area (Å²) in [5, 5.41) is 0. The van der Waals surface area contributed by atoms with Gasteiger partial charge in [-0.1, -0.05) is 45.2 Å². The third-order valence-electron chi connectivity index (χ3n) is 4.84. The zero-order valence-electron chi connectivity index (χ0n) is 12.8. The van der Waals surface area contributed by atoms with Crippen LogP contribution in [-0.4, -0.2) is 9.55 Å². The van der Waals surface area contributed by atoms with E-state index in [1.165, 1.54) is 55.4 Å². The summed E-state index contributed by atoms with van der Waals surface area (Å²) in [6.45, 7) is 4.59. The molecule has 0 N–H and O–H groups in total. The molecule has 1 saturated carbocycles. The molecule has 0 aliphatic heterocycles. The van der Waals surface area contributed by atoms with E-state index >= 15 is 0 Å². The highest BCUT2D eigenvalue weighted by Crippen LogP contribution is 2.37. The van der Waals surface area contributed by atoms with Crippen molar-refractivity contribution in [1.82, 2.24) is 9.55 Å². The highest BCUT2D eigenvalue weighted by atomic mass is 15.1. The van der Waals surface area contributed by atoms with Gasteiger partial charge in [0.2, 0.25) is 0 Å². The Morgan fingerprint density at radius 2 is 2.05 bits per heavy atom. The maximum atomic E-state index is 4.89. The highest BCUT2D eigenvalue weighted by molar-refractivity contribution is 5.76. The summed E-state index contributed by atoms with van der Waals surface area (Å²) in [7, 11) is 0. The van der Waals surface area contributed by atoms with Gasteiger partial charge in [-0.25, -0.2) is 4.98 Å². The molecule has 2 heteroatoms. The first-order valence-corrected chi connectivity index (χ1v) is 8.29. The predicted molar refractivity (Wildman–Crippen MR) is 85.0 cm³/mol. The van der Waals surface area contributed by atoms with Gasteiger partial charge in [-0.15, -0.1) is 0 Å². The lowest BCUT2D eigenvalue weighted by Crippen LogP contribution is -2.20. The molecule has 1 aromatic heterocycles. The van der Waals surface area contributed by atoms with Crippen LogP contribution in [-0.2, 0) is 6.42 Å². The molecule has 2 atom stereocenters. The summed E-state index contributed by atoms with van der Waals surface area (Å²) in [4.78, 5) is 4.89. The molecule has 1 aliphatic rings. The number of rotatable bonds is 4. The number of hydrogen-bond donors (Lipinski definition) is 0. The maximum absolute atomic E-state index is 4.89. The van der Waals surface area contributed by atoms with Crippen molar-refractivity contribution in [2.24, 2.45) is 5.92 Å². The standard InChI is InChI=1S/C18H26N2/c1-3-8-18-19-16-11-5-6-12-17(16)20(18)15-10-7-9-14(4-2)13-15/h5-6,11-12,14-15H,3-4,7-10,13H2,1-2H3. The lowest BCUT2D eigenvalue weighted by Gasteiger charge is -2.31. The van der Waals surface area contributed by atoms with Crippen molar-refractivity contribution >= 4 is 11.0 Å². The number of aryl methyl sites for hydroxylation is 1. The number of benzene rings is 1. The molecule has 0 bridgehead atoms. The Kier molecular flexibility index (Phi) is 4.09. The molecule has 0 saturated heterocycles. The van der Waals surface area contributed by atoms with Crippen LogP contribution >= 0.6 is 0 Å². The molecule has 20 heavy (non-hydrogen) atoms. The topological polar surface area (TPSA) is 17.8 Å². The summed E-state index contributed by atoms with van der Waals surface area (Å²) in [5.74, 6) is 2.21. The average Bonchev–Trinajstić information content (AvgIpc) is 2.85. The molecule has 3 rings (SSSR count). The molecule has 1 aromatic carbocycles. The Labute approximate surface area is 122 Å². The van der Waals surface area contributed by atoms with E-state index in [9.17, 15) is 0 Å². The van der Waals surface area contributed by atoms with Crippen molar-refractivity contribution < 1.29 is 0 Å². The van der Waals surface area contributed by atoms with Crippen LogP contribution in [0.15, 0.2) is 24.3 Å². The van der Waals surface area contributed by atoms with Gasteiger partial charge in [0, 0.05) is 12.5 Å². The summed E-state index contributed by atoms with van der Waals surface area (Å²) in [6.07, 6.45) is 9.06. The fraction of sp³-hybridized carbons (Fsp3) is 0.611. The molecule has 0 amide bonds. The van der Waals surface area contributed by atoms with E-state index in [1.54, 1.807) is 0 Å². The van der Waals surface area contributed by atoms with Crippen LogP contribution in [0.2, 0.25) is 0 Å². The van der Waals surface area contributed by atoms with Crippen LogP contribution in [0.25, 0.3) is 11.0 Å². The molecule has 1 aliphatic carbocycles. The van der Waals surface area contributed by atoms with Crippen LogP contribution in [0.3, 0.4) is 0 Å². The second-order valence-corrected chi connectivity index (χ2v) is 6.23. The second-order valence-electron chi connectivity index (χ2n) is 6.23. The fourth-order valence-electron chi connectivity index (χ4n) is 3.77. The lowest BCUT2D eigenvalue weighted by molar-refractivity contribution is 0.261. The van der Waals surface area contributed by atoms with Gasteiger partial charge in [0.1, 0.15) is 5.82 Å². The SMILES string of the molecule is CCCc1nc2ccccc2n1C1CCCC(CC)C1. The van der Waals surface area contributed by atoms with E-state index in [4.69, 9.17) is 4.98 Å². The second kappa shape index (κ2) is 5.99. The Balaban J connectivity index is 2.01. The minimum Gasteiger partial charge on any atom is -0.325 e. The number of imidazole rings is 1. The minimum absolute atomic E-state index is 0.669. The molecule has 1 fully saturated rings. The van der Waals surface area contributed by atoms with Gasteiger partial charge in [-0.05, 0) is 37.3 Å². The maximum Gasteiger partial charge on any atom is 0.110 e. The minimum atomic E-state index is 0.669. The number of nitrogens with zero attached hydrogens (tertiary/aromatic N) is 2. The van der Waals surface area contributed by atoms with Gasteiger partial charge in [0.15, 0.2) is 0 Å². The molecule has 0 radical (unpaired) electrons. The van der Waals surface area contributed by atoms with E-state index < -0.39 is 0 Å². The first-order valence-electron chi connectivity index (χ1n) is 8.29. The third kappa shape index (κ3) is 2.48. The van der Waals surface area contributed by atoms with Gasteiger partial charge in [-0.2, -0.15) is 0 Å². The van der Waals surface area contributed by atoms with E-state index in [-0.39, 0.29) is 0 Å². The molecule has 2 aromatic rings. The van der Waals surface area contributed by atoms with E-state index in [2.05, 4.69) is 42.7 Å². The largest absolute Gasteiger partial charge is 0.325 e. The van der Waals surface area contributed by atoms with Crippen molar-refractivity contribution in [2.75, 3.05) is 0 Å². The van der Waals surface area contributed by atoms with Crippen LogP contribution in [0.1, 0.15) is 64.2 Å². The molecule has 2 unspecified atom stereocenters. The monoisotopic (exact) mass is 270 g/mol. The lowest BCUT2D eigenvalue weighted by atomic mass is 9.84.